The van der Waals surface area contributed by atoms with Crippen molar-refractivity contribution in [2.45, 2.75) is 25.0 Å². The number of anilines is 1. The highest BCUT2D eigenvalue weighted by Gasteiger charge is 2.29. The lowest BCUT2D eigenvalue weighted by molar-refractivity contribution is -0.116. The monoisotopic (exact) mass is 294 g/mol. The summed E-state index contributed by atoms with van der Waals surface area (Å²) in [5.41, 5.74) is 2.09. The molecule has 2 atom stereocenters. The number of hydrogen-bond donors (Lipinski definition) is 2. The third-order valence-corrected chi connectivity index (χ3v) is 3.98. The summed E-state index contributed by atoms with van der Waals surface area (Å²) in [7, 11) is 1.78. The first-order valence-corrected chi connectivity index (χ1v) is 7.18. The zero-order chi connectivity index (χ0) is 14.8. The van der Waals surface area contributed by atoms with Gasteiger partial charge in [-0.15, -0.1) is 0 Å². The van der Waals surface area contributed by atoms with Crippen molar-refractivity contribution < 1.29 is 18.7 Å². The number of fused-ring (bicyclic) bond motifs is 1. The first-order chi connectivity index (χ1) is 10.2. The molecule has 6 heteroatoms. The molecule has 1 aromatic rings. The minimum atomic E-state index is -0.343. The number of aryl methyl sites for hydroxylation is 1. The second-order valence-corrected chi connectivity index (χ2v) is 5.33. The average Bonchev–Trinajstić information content (AvgIpc) is 2.50. The lowest BCUT2D eigenvalue weighted by Crippen LogP contribution is -2.39. The summed E-state index contributed by atoms with van der Waals surface area (Å²) in [4.78, 5) is 11.4. The molecule has 21 heavy (non-hydrogen) atoms. The van der Waals surface area contributed by atoms with Crippen LogP contribution in [0.15, 0.2) is 12.1 Å². The Bertz CT molecular complexity index is 544. The number of halogens is 1. The average molecular weight is 294 g/mol. The van der Waals surface area contributed by atoms with Crippen LogP contribution in [0.25, 0.3) is 0 Å². The van der Waals surface area contributed by atoms with Crippen LogP contribution in [0.1, 0.15) is 23.6 Å². The lowest BCUT2D eigenvalue weighted by Gasteiger charge is -2.31. The van der Waals surface area contributed by atoms with Crippen molar-refractivity contribution >= 4 is 11.6 Å². The number of nitrogens with one attached hydrogen (secondary N) is 2. The molecule has 2 aliphatic rings. The van der Waals surface area contributed by atoms with Crippen LogP contribution in [0.2, 0.25) is 0 Å². The Hall–Kier alpha value is -1.50. The molecule has 0 radical (unpaired) electrons. The zero-order valence-electron chi connectivity index (χ0n) is 11.9. The number of amides is 1. The van der Waals surface area contributed by atoms with Gasteiger partial charge in [0.25, 0.3) is 0 Å². The number of hydrogen-bond acceptors (Lipinski definition) is 4. The third-order valence-electron chi connectivity index (χ3n) is 3.98. The molecule has 114 valence electrons. The molecule has 2 unspecified atom stereocenters. The van der Waals surface area contributed by atoms with Crippen molar-refractivity contribution in [2.24, 2.45) is 0 Å². The first kappa shape index (κ1) is 14.4. The van der Waals surface area contributed by atoms with Crippen molar-refractivity contribution in [1.82, 2.24) is 5.32 Å². The molecule has 1 aromatic carbocycles. The molecule has 1 saturated heterocycles. The molecular weight excluding hydrogens is 275 g/mol. The van der Waals surface area contributed by atoms with Gasteiger partial charge in [-0.1, -0.05) is 0 Å². The number of rotatable bonds is 3. The summed E-state index contributed by atoms with van der Waals surface area (Å²) in [5, 5.41) is 5.82. The quantitative estimate of drug-likeness (QED) is 0.884. The highest BCUT2D eigenvalue weighted by atomic mass is 19.1. The van der Waals surface area contributed by atoms with E-state index < -0.39 is 0 Å². The van der Waals surface area contributed by atoms with Gasteiger partial charge in [0.05, 0.1) is 25.9 Å². The van der Waals surface area contributed by atoms with Gasteiger partial charge in [-0.3, -0.25) is 4.79 Å². The highest BCUT2D eigenvalue weighted by molar-refractivity contribution is 5.93. The summed E-state index contributed by atoms with van der Waals surface area (Å²) in [6, 6.07) is 2.95. The van der Waals surface area contributed by atoms with E-state index in [1.807, 2.05) is 6.07 Å². The predicted molar refractivity (Wildman–Crippen MR) is 75.7 cm³/mol. The SMILES string of the molecule is CNC(c1cc2c(cc1F)NC(=O)CC2)C1COCCO1. The molecule has 0 saturated carbocycles. The van der Waals surface area contributed by atoms with Crippen molar-refractivity contribution in [3.63, 3.8) is 0 Å². The largest absolute Gasteiger partial charge is 0.376 e. The number of ether oxygens (including phenoxy) is 2. The second-order valence-electron chi connectivity index (χ2n) is 5.33. The van der Waals surface area contributed by atoms with Crippen molar-refractivity contribution in [3.8, 4) is 0 Å². The molecule has 1 amide bonds. The molecule has 5 nitrogen and oxygen atoms in total. The summed E-state index contributed by atoms with van der Waals surface area (Å²) < 4.78 is 25.5. The highest BCUT2D eigenvalue weighted by Crippen LogP contribution is 2.31. The van der Waals surface area contributed by atoms with Gasteiger partial charge < -0.3 is 20.1 Å². The first-order valence-electron chi connectivity index (χ1n) is 7.18. The van der Waals surface area contributed by atoms with Gasteiger partial charge in [0.2, 0.25) is 5.91 Å². The molecule has 3 rings (SSSR count). The maximum Gasteiger partial charge on any atom is 0.224 e. The Balaban J connectivity index is 1.91. The van der Waals surface area contributed by atoms with Gasteiger partial charge >= 0.3 is 0 Å². The molecule has 0 aromatic heterocycles. The molecular formula is C15H19FN2O3. The fourth-order valence-electron chi connectivity index (χ4n) is 2.90. The fourth-order valence-corrected chi connectivity index (χ4v) is 2.90. The molecule has 2 aliphatic heterocycles. The minimum Gasteiger partial charge on any atom is -0.376 e. The van der Waals surface area contributed by atoms with E-state index in [0.717, 1.165) is 5.56 Å². The van der Waals surface area contributed by atoms with Gasteiger partial charge in [-0.2, -0.15) is 0 Å². The number of likely N-dealkylation sites (N-methyl/N-ethyl adjacent to an activating group) is 1. The predicted octanol–water partition coefficient (Wildman–Crippen LogP) is 1.39. The Labute approximate surface area is 122 Å². The van der Waals surface area contributed by atoms with E-state index in [2.05, 4.69) is 10.6 Å². The molecule has 1 fully saturated rings. The summed E-state index contributed by atoms with van der Waals surface area (Å²) in [5.74, 6) is -0.409. The van der Waals surface area contributed by atoms with Crippen LogP contribution >= 0.6 is 0 Å². The topological polar surface area (TPSA) is 59.6 Å². The van der Waals surface area contributed by atoms with E-state index in [4.69, 9.17) is 9.47 Å². The van der Waals surface area contributed by atoms with Crippen LogP contribution in [0, 0.1) is 5.82 Å². The number of benzene rings is 1. The standard InChI is InChI=1S/C15H19FN2O3/c1-17-15(13-8-20-4-5-21-13)10-6-9-2-3-14(19)18-12(9)7-11(10)16/h6-7,13,15,17H,2-5,8H2,1H3,(H,18,19). The molecule has 0 aliphatic carbocycles. The van der Waals surface area contributed by atoms with Crippen LogP contribution in [0.5, 0.6) is 0 Å². The zero-order valence-corrected chi connectivity index (χ0v) is 11.9. The van der Waals surface area contributed by atoms with E-state index in [-0.39, 0.29) is 23.9 Å². The van der Waals surface area contributed by atoms with Gasteiger partial charge in [0, 0.05) is 17.7 Å². The summed E-state index contributed by atoms with van der Waals surface area (Å²) in [6.07, 6.45) is 0.854. The number of carbonyl (C=O) groups excluding carboxylic acids is 1. The second kappa shape index (κ2) is 6.09. The van der Waals surface area contributed by atoms with E-state index in [9.17, 15) is 9.18 Å². The van der Waals surface area contributed by atoms with E-state index in [1.165, 1.54) is 6.07 Å². The van der Waals surface area contributed by atoms with Crippen LogP contribution < -0.4 is 10.6 Å². The Morgan fingerprint density at radius 3 is 2.95 bits per heavy atom. The Kier molecular flexibility index (Phi) is 4.19. The third kappa shape index (κ3) is 2.92. The van der Waals surface area contributed by atoms with Gasteiger partial charge in [-0.05, 0) is 31.2 Å². The number of carbonyl (C=O) groups is 1. The minimum absolute atomic E-state index is 0.0659. The van der Waals surface area contributed by atoms with Crippen LogP contribution in [0.4, 0.5) is 10.1 Å². The molecule has 0 spiro atoms. The van der Waals surface area contributed by atoms with Crippen LogP contribution in [-0.4, -0.2) is 38.9 Å². The Morgan fingerprint density at radius 2 is 2.24 bits per heavy atom. The fraction of sp³-hybridized carbons (Fsp3) is 0.533. The van der Waals surface area contributed by atoms with Gasteiger partial charge in [0.1, 0.15) is 11.9 Å². The van der Waals surface area contributed by atoms with E-state index in [0.29, 0.717) is 43.9 Å². The normalized spacial score (nSPS) is 23.3. The van der Waals surface area contributed by atoms with Crippen molar-refractivity contribution in [1.29, 1.82) is 0 Å². The van der Waals surface area contributed by atoms with Crippen molar-refractivity contribution in [2.75, 3.05) is 32.2 Å². The molecule has 2 heterocycles. The Morgan fingerprint density at radius 1 is 1.38 bits per heavy atom. The summed E-state index contributed by atoms with van der Waals surface area (Å²) in [6.45, 7) is 1.54. The van der Waals surface area contributed by atoms with Crippen molar-refractivity contribution in [3.05, 3.63) is 29.1 Å². The van der Waals surface area contributed by atoms with Crippen LogP contribution in [-0.2, 0) is 20.7 Å². The van der Waals surface area contributed by atoms with E-state index >= 15 is 0 Å². The lowest BCUT2D eigenvalue weighted by atomic mass is 9.94. The molecule has 2 N–H and O–H groups in total. The maximum atomic E-state index is 14.4. The summed E-state index contributed by atoms with van der Waals surface area (Å²) >= 11 is 0. The maximum absolute atomic E-state index is 14.4. The smallest absolute Gasteiger partial charge is 0.224 e. The molecule has 0 bridgehead atoms. The van der Waals surface area contributed by atoms with Gasteiger partial charge in [0.15, 0.2) is 0 Å². The van der Waals surface area contributed by atoms with Crippen LogP contribution in [0.3, 0.4) is 0 Å². The van der Waals surface area contributed by atoms with E-state index in [1.54, 1.807) is 7.05 Å². The van der Waals surface area contributed by atoms with Gasteiger partial charge in [-0.25, -0.2) is 4.39 Å².